The number of rotatable bonds is 3. The first kappa shape index (κ1) is 13.3. The molecule has 1 atom stereocenters. The predicted octanol–water partition coefficient (Wildman–Crippen LogP) is 3.60. The number of nitro groups is 1. The molecule has 0 N–H and O–H groups in total. The van der Waals surface area contributed by atoms with Gasteiger partial charge < -0.3 is 0 Å². The van der Waals surface area contributed by atoms with Gasteiger partial charge in [-0.05, 0) is 30.4 Å². The number of nitro benzene ring substituents is 1. The van der Waals surface area contributed by atoms with Crippen molar-refractivity contribution in [2.24, 2.45) is 0 Å². The summed E-state index contributed by atoms with van der Waals surface area (Å²) >= 11 is 1.81. The van der Waals surface area contributed by atoms with Crippen LogP contribution >= 0.6 is 11.3 Å². The normalized spacial score (nSPS) is 18.8. The second-order valence-electron chi connectivity index (χ2n) is 5.21. The van der Waals surface area contributed by atoms with E-state index in [9.17, 15) is 10.1 Å². The Hall–Kier alpha value is -1.72. The summed E-state index contributed by atoms with van der Waals surface area (Å²) in [6, 6.07) is 9.61. The van der Waals surface area contributed by atoms with E-state index in [0.29, 0.717) is 12.6 Å². The van der Waals surface area contributed by atoms with Crippen molar-refractivity contribution < 1.29 is 4.92 Å². The summed E-state index contributed by atoms with van der Waals surface area (Å²) in [6.45, 7) is 3.71. The zero-order chi connectivity index (χ0) is 14.1. The minimum absolute atomic E-state index is 0.218. The number of hydrogen-bond donors (Lipinski definition) is 0. The van der Waals surface area contributed by atoms with Crippen LogP contribution in [0.15, 0.2) is 35.7 Å². The standard InChI is InChI=1S/C15H16N2O2S/c1-11-8-15-13(6-7-20-15)10-16(11)9-12-4-2-3-5-14(12)17(18)19/h2-7,11H,8-10H2,1H3. The lowest BCUT2D eigenvalue weighted by atomic mass is 10.0. The summed E-state index contributed by atoms with van der Waals surface area (Å²) in [5, 5.41) is 13.2. The maximum Gasteiger partial charge on any atom is 0.273 e. The Morgan fingerprint density at radius 3 is 3.00 bits per heavy atom. The molecule has 1 aliphatic heterocycles. The Bertz CT molecular complexity index is 638. The summed E-state index contributed by atoms with van der Waals surface area (Å²) < 4.78 is 0. The van der Waals surface area contributed by atoms with Crippen molar-refractivity contribution in [3.05, 3.63) is 61.8 Å². The van der Waals surface area contributed by atoms with Gasteiger partial charge >= 0.3 is 0 Å². The highest BCUT2D eigenvalue weighted by molar-refractivity contribution is 7.10. The van der Waals surface area contributed by atoms with E-state index in [-0.39, 0.29) is 10.6 Å². The molecule has 2 heterocycles. The van der Waals surface area contributed by atoms with Gasteiger partial charge in [0.2, 0.25) is 0 Å². The van der Waals surface area contributed by atoms with Gasteiger partial charge in [0.1, 0.15) is 0 Å². The highest BCUT2D eigenvalue weighted by atomic mass is 32.1. The van der Waals surface area contributed by atoms with E-state index < -0.39 is 0 Å². The summed E-state index contributed by atoms with van der Waals surface area (Å²) in [6.07, 6.45) is 1.04. The van der Waals surface area contributed by atoms with Crippen LogP contribution in [0.2, 0.25) is 0 Å². The van der Waals surface area contributed by atoms with Crippen molar-refractivity contribution in [3.8, 4) is 0 Å². The van der Waals surface area contributed by atoms with Crippen LogP contribution in [0.3, 0.4) is 0 Å². The fourth-order valence-electron chi connectivity index (χ4n) is 2.71. The Labute approximate surface area is 121 Å². The zero-order valence-electron chi connectivity index (χ0n) is 11.3. The molecule has 4 nitrogen and oxygen atoms in total. The van der Waals surface area contributed by atoms with Crippen molar-refractivity contribution >= 4 is 17.0 Å². The molecule has 0 amide bonds. The number of benzene rings is 1. The van der Waals surface area contributed by atoms with Crippen molar-refractivity contribution in [3.63, 3.8) is 0 Å². The van der Waals surface area contributed by atoms with Gasteiger partial charge in [0.25, 0.3) is 5.69 Å². The molecular weight excluding hydrogens is 272 g/mol. The molecule has 1 aliphatic rings. The van der Waals surface area contributed by atoms with E-state index in [4.69, 9.17) is 0 Å². The molecule has 20 heavy (non-hydrogen) atoms. The largest absolute Gasteiger partial charge is 0.291 e. The van der Waals surface area contributed by atoms with Gasteiger partial charge in [-0.2, -0.15) is 0 Å². The fourth-order valence-corrected chi connectivity index (χ4v) is 3.73. The molecule has 2 aromatic rings. The van der Waals surface area contributed by atoms with Gasteiger partial charge in [0.05, 0.1) is 4.92 Å². The minimum atomic E-state index is -0.292. The van der Waals surface area contributed by atoms with E-state index in [2.05, 4.69) is 23.3 Å². The van der Waals surface area contributed by atoms with Gasteiger partial charge in [0, 0.05) is 35.6 Å². The summed E-state index contributed by atoms with van der Waals surface area (Å²) in [5.74, 6) is 0. The van der Waals surface area contributed by atoms with Crippen LogP contribution < -0.4 is 0 Å². The maximum absolute atomic E-state index is 11.1. The number of para-hydroxylation sites is 1. The van der Waals surface area contributed by atoms with Crippen molar-refractivity contribution in [2.75, 3.05) is 0 Å². The predicted molar refractivity (Wildman–Crippen MR) is 79.8 cm³/mol. The lowest BCUT2D eigenvalue weighted by Crippen LogP contribution is -2.37. The monoisotopic (exact) mass is 288 g/mol. The number of hydrogen-bond acceptors (Lipinski definition) is 4. The van der Waals surface area contributed by atoms with Crippen molar-refractivity contribution in [1.29, 1.82) is 0 Å². The van der Waals surface area contributed by atoms with E-state index in [0.717, 1.165) is 18.5 Å². The topological polar surface area (TPSA) is 46.4 Å². The van der Waals surface area contributed by atoms with E-state index in [1.807, 2.05) is 23.5 Å². The molecule has 5 heteroatoms. The minimum Gasteiger partial charge on any atom is -0.291 e. The second-order valence-corrected chi connectivity index (χ2v) is 6.21. The van der Waals surface area contributed by atoms with Crippen LogP contribution in [0.25, 0.3) is 0 Å². The molecule has 104 valence electrons. The van der Waals surface area contributed by atoms with Crippen LogP contribution in [0.4, 0.5) is 5.69 Å². The SMILES string of the molecule is CC1Cc2sccc2CN1Cc1ccccc1[N+](=O)[O-]. The van der Waals surface area contributed by atoms with E-state index >= 15 is 0 Å². The molecule has 1 aromatic heterocycles. The van der Waals surface area contributed by atoms with Gasteiger partial charge in [-0.3, -0.25) is 15.0 Å². The van der Waals surface area contributed by atoms with Crippen LogP contribution in [0.1, 0.15) is 22.9 Å². The average Bonchev–Trinajstić information content (AvgIpc) is 2.86. The third-order valence-corrected chi connectivity index (χ3v) is 4.86. The second kappa shape index (κ2) is 5.34. The molecule has 0 spiro atoms. The quantitative estimate of drug-likeness (QED) is 0.640. The first-order chi connectivity index (χ1) is 9.65. The van der Waals surface area contributed by atoms with E-state index in [1.54, 1.807) is 12.1 Å². The van der Waals surface area contributed by atoms with Gasteiger partial charge in [-0.15, -0.1) is 11.3 Å². The molecular formula is C15H16N2O2S. The Kier molecular flexibility index (Phi) is 3.54. The Morgan fingerprint density at radius 1 is 1.40 bits per heavy atom. The van der Waals surface area contributed by atoms with Crippen LogP contribution in [0.5, 0.6) is 0 Å². The van der Waals surface area contributed by atoms with Crippen molar-refractivity contribution in [1.82, 2.24) is 4.90 Å². The number of nitrogens with zero attached hydrogens (tertiary/aromatic N) is 2. The molecule has 1 unspecified atom stereocenters. The van der Waals surface area contributed by atoms with Gasteiger partial charge in [-0.1, -0.05) is 18.2 Å². The van der Waals surface area contributed by atoms with Crippen LogP contribution in [0, 0.1) is 10.1 Å². The van der Waals surface area contributed by atoms with Crippen LogP contribution in [-0.4, -0.2) is 15.9 Å². The smallest absolute Gasteiger partial charge is 0.273 e. The molecule has 0 fully saturated rings. The van der Waals surface area contributed by atoms with E-state index in [1.165, 1.54) is 10.4 Å². The lowest BCUT2D eigenvalue weighted by molar-refractivity contribution is -0.385. The maximum atomic E-state index is 11.1. The molecule has 0 radical (unpaired) electrons. The summed E-state index contributed by atoms with van der Waals surface area (Å²) in [5.41, 5.74) is 2.38. The first-order valence-electron chi connectivity index (χ1n) is 6.66. The molecule has 1 aromatic carbocycles. The van der Waals surface area contributed by atoms with Crippen molar-refractivity contribution in [2.45, 2.75) is 32.5 Å². The third-order valence-electron chi connectivity index (χ3n) is 3.88. The first-order valence-corrected chi connectivity index (χ1v) is 7.54. The zero-order valence-corrected chi connectivity index (χ0v) is 12.1. The van der Waals surface area contributed by atoms with Crippen LogP contribution in [-0.2, 0) is 19.5 Å². The number of thiophene rings is 1. The van der Waals surface area contributed by atoms with Gasteiger partial charge in [0.15, 0.2) is 0 Å². The lowest BCUT2D eigenvalue weighted by Gasteiger charge is -2.33. The fraction of sp³-hybridized carbons (Fsp3) is 0.333. The molecule has 0 saturated carbocycles. The average molecular weight is 288 g/mol. The molecule has 0 bridgehead atoms. The Balaban J connectivity index is 1.84. The highest BCUT2D eigenvalue weighted by Gasteiger charge is 2.25. The van der Waals surface area contributed by atoms with Gasteiger partial charge in [-0.25, -0.2) is 0 Å². The Morgan fingerprint density at radius 2 is 2.20 bits per heavy atom. The highest BCUT2D eigenvalue weighted by Crippen LogP contribution is 2.30. The third kappa shape index (κ3) is 2.46. The number of fused-ring (bicyclic) bond motifs is 1. The molecule has 3 rings (SSSR count). The molecule has 0 saturated heterocycles. The summed E-state index contributed by atoms with van der Waals surface area (Å²) in [4.78, 5) is 14.6. The molecule has 0 aliphatic carbocycles. The summed E-state index contributed by atoms with van der Waals surface area (Å²) in [7, 11) is 0.